The van der Waals surface area contributed by atoms with Crippen LogP contribution in [0, 0.1) is 5.41 Å². The monoisotopic (exact) mass is 290 g/mol. The molecule has 1 atom stereocenters. The Bertz CT molecular complexity index is 554. The normalized spacial score (nSPS) is 19.2. The summed E-state index contributed by atoms with van der Waals surface area (Å²) in [6.07, 6.45) is 0.241. The molecular weight excluding hydrogens is 272 g/mol. The summed E-state index contributed by atoms with van der Waals surface area (Å²) in [7, 11) is 0. The lowest BCUT2D eigenvalue weighted by Crippen LogP contribution is -2.39. The van der Waals surface area contributed by atoms with Crippen molar-refractivity contribution in [3.63, 3.8) is 0 Å². The molecule has 1 aromatic rings. The number of hydrogen-bond acceptors (Lipinski definition) is 3. The molecule has 1 aromatic carbocycles. The first-order valence-corrected chi connectivity index (χ1v) is 6.93. The number of carbonyl (C=O) groups excluding carboxylic acids is 2. The fourth-order valence-corrected chi connectivity index (χ4v) is 2.65. The molecule has 0 aliphatic carbocycles. The van der Waals surface area contributed by atoms with E-state index in [1.54, 1.807) is 13.8 Å². The van der Waals surface area contributed by atoms with Gasteiger partial charge in [-0.05, 0) is 5.56 Å². The van der Waals surface area contributed by atoms with Crippen LogP contribution in [0.5, 0.6) is 0 Å². The zero-order chi connectivity index (χ0) is 14.9. The molecule has 0 aromatic heterocycles. The number of rotatable bonds is 4. The van der Waals surface area contributed by atoms with Crippen molar-refractivity contribution < 1.29 is 9.59 Å². The van der Waals surface area contributed by atoms with Crippen molar-refractivity contribution in [2.75, 3.05) is 6.54 Å². The minimum atomic E-state index is -0.630. The number of hydrogen-bond donors (Lipinski definition) is 1. The number of nitrogens with two attached hydrogens (primary N) is 1. The summed E-state index contributed by atoms with van der Waals surface area (Å²) >= 11 is 5.10. The Hall–Kier alpha value is -1.75. The fourth-order valence-electron chi connectivity index (χ4n) is 2.44. The van der Waals surface area contributed by atoms with Crippen molar-refractivity contribution in [3.05, 3.63) is 35.9 Å². The van der Waals surface area contributed by atoms with Crippen molar-refractivity contribution in [2.24, 2.45) is 11.1 Å². The summed E-state index contributed by atoms with van der Waals surface area (Å²) in [5.74, 6) is -0.607. The Morgan fingerprint density at radius 3 is 2.40 bits per heavy atom. The van der Waals surface area contributed by atoms with E-state index in [9.17, 15) is 9.59 Å². The van der Waals surface area contributed by atoms with Crippen LogP contribution >= 0.6 is 12.2 Å². The van der Waals surface area contributed by atoms with Gasteiger partial charge in [-0.2, -0.15) is 0 Å². The Morgan fingerprint density at radius 1 is 1.35 bits per heavy atom. The highest BCUT2D eigenvalue weighted by atomic mass is 32.1. The van der Waals surface area contributed by atoms with E-state index in [1.165, 1.54) is 4.90 Å². The molecule has 2 N–H and O–H groups in total. The van der Waals surface area contributed by atoms with Crippen LogP contribution in [-0.4, -0.2) is 28.2 Å². The summed E-state index contributed by atoms with van der Waals surface area (Å²) in [6.45, 7) is 3.79. The summed E-state index contributed by atoms with van der Waals surface area (Å²) < 4.78 is 0. The molecule has 2 rings (SSSR count). The average Bonchev–Trinajstić information content (AvgIpc) is 2.57. The number of benzene rings is 1. The number of thiocarbonyl (C=S) groups is 1. The number of likely N-dealkylation sites (tertiary alicyclic amines) is 1. The van der Waals surface area contributed by atoms with Crippen LogP contribution < -0.4 is 5.73 Å². The molecule has 4 nitrogen and oxygen atoms in total. The molecule has 20 heavy (non-hydrogen) atoms. The van der Waals surface area contributed by atoms with Gasteiger partial charge in [-0.1, -0.05) is 56.4 Å². The lowest BCUT2D eigenvalue weighted by molar-refractivity contribution is -0.140. The first-order chi connectivity index (χ1) is 9.33. The van der Waals surface area contributed by atoms with E-state index in [0.29, 0.717) is 4.99 Å². The lowest BCUT2D eigenvalue weighted by Gasteiger charge is -2.23. The van der Waals surface area contributed by atoms with Gasteiger partial charge in [0.05, 0.1) is 16.3 Å². The lowest BCUT2D eigenvalue weighted by atomic mass is 9.92. The Balaban J connectivity index is 2.24. The first kappa shape index (κ1) is 14.7. The Morgan fingerprint density at radius 2 is 1.95 bits per heavy atom. The maximum absolute atomic E-state index is 12.2. The van der Waals surface area contributed by atoms with Crippen LogP contribution in [0.3, 0.4) is 0 Å². The van der Waals surface area contributed by atoms with Gasteiger partial charge in [0, 0.05) is 13.0 Å². The highest BCUT2D eigenvalue weighted by Gasteiger charge is 2.45. The molecule has 1 unspecified atom stereocenters. The molecule has 0 bridgehead atoms. The zero-order valence-corrected chi connectivity index (χ0v) is 12.4. The molecule has 1 aliphatic heterocycles. The standard InChI is InChI=1S/C15H18N2O2S/c1-15(2)8-12(18)17(14(15)19)9-11(13(16)20)10-6-4-3-5-7-10/h3-7,11H,8-9H2,1-2H3,(H2,16,20). The molecule has 5 heteroatoms. The maximum atomic E-state index is 12.2. The van der Waals surface area contributed by atoms with Gasteiger partial charge < -0.3 is 5.73 Å². The van der Waals surface area contributed by atoms with Crippen LogP contribution in [0.2, 0.25) is 0 Å². The molecule has 1 aliphatic rings. The van der Waals surface area contributed by atoms with E-state index in [2.05, 4.69) is 0 Å². The van der Waals surface area contributed by atoms with Gasteiger partial charge >= 0.3 is 0 Å². The molecule has 0 saturated carbocycles. The van der Waals surface area contributed by atoms with Gasteiger partial charge in [-0.15, -0.1) is 0 Å². The molecule has 0 radical (unpaired) electrons. The van der Waals surface area contributed by atoms with Crippen molar-refractivity contribution in [2.45, 2.75) is 26.2 Å². The molecule has 106 valence electrons. The second kappa shape index (κ2) is 5.32. The Kier molecular flexibility index (Phi) is 3.90. The van der Waals surface area contributed by atoms with E-state index in [1.807, 2.05) is 30.3 Å². The second-order valence-corrected chi connectivity index (χ2v) is 6.21. The highest BCUT2D eigenvalue weighted by Crippen LogP contribution is 2.33. The smallest absolute Gasteiger partial charge is 0.235 e. The molecular formula is C15H18N2O2S. The maximum Gasteiger partial charge on any atom is 0.235 e. The van der Waals surface area contributed by atoms with Crippen LogP contribution in [0.15, 0.2) is 30.3 Å². The highest BCUT2D eigenvalue weighted by molar-refractivity contribution is 7.80. The van der Waals surface area contributed by atoms with Gasteiger partial charge in [0.15, 0.2) is 0 Å². The number of carbonyl (C=O) groups is 2. The van der Waals surface area contributed by atoms with E-state index in [-0.39, 0.29) is 30.7 Å². The van der Waals surface area contributed by atoms with E-state index in [0.717, 1.165) is 5.56 Å². The summed E-state index contributed by atoms with van der Waals surface area (Å²) in [5, 5.41) is 0. The van der Waals surface area contributed by atoms with Crippen LogP contribution in [0.1, 0.15) is 31.7 Å². The number of nitrogens with zero attached hydrogens (tertiary/aromatic N) is 1. The average molecular weight is 290 g/mol. The predicted molar refractivity (Wildman–Crippen MR) is 81.1 cm³/mol. The van der Waals surface area contributed by atoms with Crippen molar-refractivity contribution in [1.82, 2.24) is 4.90 Å². The van der Waals surface area contributed by atoms with Gasteiger partial charge in [0.2, 0.25) is 11.8 Å². The van der Waals surface area contributed by atoms with Crippen LogP contribution in [0.25, 0.3) is 0 Å². The molecule has 0 spiro atoms. The number of amides is 2. The third kappa shape index (κ3) is 2.72. The van der Waals surface area contributed by atoms with E-state index >= 15 is 0 Å². The van der Waals surface area contributed by atoms with Gasteiger partial charge in [0.1, 0.15) is 0 Å². The molecule has 1 fully saturated rings. The molecule has 2 amide bonds. The predicted octanol–water partition coefficient (Wildman–Crippen LogP) is 1.84. The SMILES string of the molecule is CC1(C)CC(=O)N(CC(C(N)=S)c2ccccc2)C1=O. The first-order valence-electron chi connectivity index (χ1n) is 6.52. The quantitative estimate of drug-likeness (QED) is 0.679. The largest absolute Gasteiger partial charge is 0.393 e. The third-order valence-electron chi connectivity index (χ3n) is 3.63. The van der Waals surface area contributed by atoms with Crippen LogP contribution in [-0.2, 0) is 9.59 Å². The summed E-state index contributed by atoms with van der Waals surface area (Å²) in [6, 6.07) is 9.48. The second-order valence-electron chi connectivity index (χ2n) is 5.74. The van der Waals surface area contributed by atoms with Crippen LogP contribution in [0.4, 0.5) is 0 Å². The van der Waals surface area contributed by atoms with Gasteiger partial charge in [-0.25, -0.2) is 0 Å². The van der Waals surface area contributed by atoms with E-state index < -0.39 is 5.41 Å². The van der Waals surface area contributed by atoms with Gasteiger partial charge in [-0.3, -0.25) is 14.5 Å². The fraction of sp³-hybridized carbons (Fsp3) is 0.400. The molecule has 1 heterocycles. The summed E-state index contributed by atoms with van der Waals surface area (Å²) in [4.78, 5) is 25.8. The minimum Gasteiger partial charge on any atom is -0.393 e. The van der Waals surface area contributed by atoms with E-state index in [4.69, 9.17) is 18.0 Å². The third-order valence-corrected chi connectivity index (χ3v) is 3.91. The minimum absolute atomic E-state index is 0.153. The zero-order valence-electron chi connectivity index (χ0n) is 11.6. The topological polar surface area (TPSA) is 63.4 Å². The Labute approximate surface area is 123 Å². The van der Waals surface area contributed by atoms with Crippen molar-refractivity contribution in [3.8, 4) is 0 Å². The number of imide groups is 1. The molecule has 1 saturated heterocycles. The summed E-state index contributed by atoms with van der Waals surface area (Å²) in [5.41, 5.74) is 6.08. The van der Waals surface area contributed by atoms with Crippen molar-refractivity contribution >= 4 is 29.0 Å². The van der Waals surface area contributed by atoms with Crippen molar-refractivity contribution in [1.29, 1.82) is 0 Å². The van der Waals surface area contributed by atoms with Gasteiger partial charge in [0.25, 0.3) is 0 Å².